The molecule has 1 saturated carbocycles. The normalized spacial score (nSPS) is 16.7. The molecule has 2 heterocycles. The average molecular weight is 480 g/mol. The predicted molar refractivity (Wildman–Crippen MR) is 141 cm³/mol. The first kappa shape index (κ1) is 23.2. The van der Waals surface area contributed by atoms with Crippen molar-refractivity contribution in [1.29, 1.82) is 0 Å². The van der Waals surface area contributed by atoms with Crippen molar-refractivity contribution in [3.8, 4) is 0 Å². The Kier molecular flexibility index (Phi) is 6.58. The summed E-state index contributed by atoms with van der Waals surface area (Å²) in [5, 5.41) is 9.96. The van der Waals surface area contributed by atoms with E-state index in [4.69, 9.17) is 12.7 Å². The quantitative estimate of drug-likeness (QED) is 0.248. The van der Waals surface area contributed by atoms with E-state index < -0.39 is 5.82 Å². The lowest BCUT2D eigenvalue weighted by Crippen LogP contribution is -2.29. The molecule has 0 spiro atoms. The lowest BCUT2D eigenvalue weighted by atomic mass is 9.94. The minimum Gasteiger partial charge on any atom is -0.364 e. The Morgan fingerprint density at radius 1 is 1.38 bits per heavy atom. The van der Waals surface area contributed by atoms with Crippen LogP contribution >= 0.6 is 10.5 Å². The molecule has 2 aromatic rings. The lowest BCUT2D eigenvalue weighted by molar-refractivity contribution is -0.109. The van der Waals surface area contributed by atoms with Gasteiger partial charge in [-0.25, -0.2) is 9.45 Å². The van der Waals surface area contributed by atoms with Gasteiger partial charge in [0.2, 0.25) is 0 Å². The molecule has 0 aromatic heterocycles. The van der Waals surface area contributed by atoms with Gasteiger partial charge < -0.3 is 15.5 Å². The van der Waals surface area contributed by atoms with E-state index in [1.807, 2.05) is 13.0 Å². The second-order valence-electron chi connectivity index (χ2n) is 9.25. The zero-order valence-corrected chi connectivity index (χ0v) is 20.5. The fraction of sp³-hybridized carbons (Fsp3) is 0.440. The number of rotatable bonds is 9. The number of amides is 1. The first-order valence-corrected chi connectivity index (χ1v) is 13.4. The van der Waals surface area contributed by atoms with Gasteiger partial charge in [0.25, 0.3) is 5.91 Å². The maximum Gasteiger partial charge on any atom is 0.279 e. The molecule has 1 saturated heterocycles. The number of aryl methyl sites for hydroxylation is 1. The minimum atomic E-state index is -0.469. The number of fused-ring (bicyclic) bond motifs is 1. The Labute approximate surface area is 204 Å². The Balaban J connectivity index is 1.47. The molecular weight excluding hydrogens is 450 g/mol. The van der Waals surface area contributed by atoms with Crippen molar-refractivity contribution in [2.45, 2.75) is 26.2 Å². The van der Waals surface area contributed by atoms with Crippen LogP contribution in [0.2, 0.25) is 0 Å². The van der Waals surface area contributed by atoms with Crippen molar-refractivity contribution in [3.63, 3.8) is 0 Å². The van der Waals surface area contributed by atoms with Gasteiger partial charge in [-0.05, 0) is 61.3 Å². The van der Waals surface area contributed by atoms with Crippen LogP contribution < -0.4 is 21.0 Å². The van der Waals surface area contributed by atoms with Gasteiger partial charge in [0.1, 0.15) is 7.85 Å². The molecule has 2 radical (unpaired) electrons. The number of hydroxylamine groups is 2. The molecule has 2 aromatic carbocycles. The van der Waals surface area contributed by atoms with Crippen molar-refractivity contribution in [2.75, 3.05) is 53.9 Å². The molecule has 1 aliphatic carbocycles. The molecule has 0 bridgehead atoms. The van der Waals surface area contributed by atoms with Gasteiger partial charge in [0.05, 0.1) is 35.9 Å². The molecule has 1 amide bonds. The standard InChI is InChI=1S/C25H30BFN4O2S/c1-16-12-18(26)6-7-20(16)29-23-19(25(32)30(2)33-14-17-4-5-17)13-21-24(22(23)27)28-15-31(21)8-3-9-34-10-11-34/h6-7,9,12-13,17,28-29H,3-5,8,10-11,14-15H2,1-2H3. The van der Waals surface area contributed by atoms with Crippen LogP contribution in [0.25, 0.3) is 0 Å². The molecule has 9 heteroatoms. The van der Waals surface area contributed by atoms with E-state index in [9.17, 15) is 4.79 Å². The summed E-state index contributed by atoms with van der Waals surface area (Å²) in [6.45, 7) is 3.70. The fourth-order valence-corrected chi connectivity index (χ4v) is 5.24. The van der Waals surface area contributed by atoms with Gasteiger partial charge in [-0.15, -0.1) is 0 Å². The number of nitrogens with zero attached hydrogens (tertiary/aromatic N) is 2. The van der Waals surface area contributed by atoms with Crippen LogP contribution in [-0.4, -0.2) is 62.6 Å². The Bertz CT molecular complexity index is 1150. The molecule has 0 unspecified atom stereocenters. The van der Waals surface area contributed by atoms with E-state index in [1.54, 1.807) is 25.2 Å². The molecule has 2 fully saturated rings. The summed E-state index contributed by atoms with van der Waals surface area (Å²) in [7, 11) is 7.96. The van der Waals surface area contributed by atoms with Crippen LogP contribution in [0.4, 0.5) is 27.1 Å². The van der Waals surface area contributed by atoms with Crippen molar-refractivity contribution >= 4 is 57.8 Å². The number of benzene rings is 2. The first-order valence-electron chi connectivity index (χ1n) is 11.8. The molecule has 178 valence electrons. The highest BCUT2D eigenvalue weighted by molar-refractivity contribution is 8.21. The van der Waals surface area contributed by atoms with E-state index in [2.05, 4.69) is 20.9 Å². The van der Waals surface area contributed by atoms with Crippen molar-refractivity contribution in [3.05, 3.63) is 41.2 Å². The molecule has 2 N–H and O–H groups in total. The van der Waals surface area contributed by atoms with Gasteiger partial charge in [-0.3, -0.25) is 9.63 Å². The molecular formula is C25H30BFN4O2S. The summed E-state index contributed by atoms with van der Waals surface area (Å²) in [6, 6.07) is 7.15. The van der Waals surface area contributed by atoms with Crippen molar-refractivity contribution in [1.82, 2.24) is 5.06 Å². The molecule has 5 rings (SSSR count). The fourth-order valence-electron chi connectivity index (χ4n) is 4.09. The van der Waals surface area contributed by atoms with Gasteiger partial charge in [0.15, 0.2) is 5.82 Å². The SMILES string of the molecule is [B]c1ccc(Nc2c(C(=O)N(C)OCC3CC3)cc3c(c2F)NCN3CCC=S2CC2)c(C)c1. The summed E-state index contributed by atoms with van der Waals surface area (Å²) < 4.78 is 15.9. The summed E-state index contributed by atoms with van der Waals surface area (Å²) in [5.74, 6) is 2.26. The van der Waals surface area contributed by atoms with E-state index in [1.165, 1.54) is 16.6 Å². The van der Waals surface area contributed by atoms with Crippen LogP contribution in [-0.2, 0) is 4.84 Å². The van der Waals surface area contributed by atoms with Gasteiger partial charge >= 0.3 is 0 Å². The third-order valence-electron chi connectivity index (χ3n) is 6.45. The topological polar surface area (TPSA) is 56.8 Å². The van der Waals surface area contributed by atoms with Crippen molar-refractivity contribution in [2.24, 2.45) is 5.92 Å². The highest BCUT2D eigenvalue weighted by Crippen LogP contribution is 2.41. The van der Waals surface area contributed by atoms with E-state index in [0.717, 1.165) is 31.4 Å². The van der Waals surface area contributed by atoms with Gasteiger partial charge in [-0.1, -0.05) is 23.0 Å². The van der Waals surface area contributed by atoms with Crippen molar-refractivity contribution < 1.29 is 14.0 Å². The largest absolute Gasteiger partial charge is 0.364 e. The Morgan fingerprint density at radius 3 is 2.88 bits per heavy atom. The van der Waals surface area contributed by atoms with E-state index in [-0.39, 0.29) is 17.2 Å². The minimum absolute atomic E-state index is 0.138. The van der Waals surface area contributed by atoms with Crippen LogP contribution in [0.15, 0.2) is 24.3 Å². The van der Waals surface area contributed by atoms with Crippen LogP contribution in [0.3, 0.4) is 0 Å². The number of halogens is 1. The van der Waals surface area contributed by atoms with Crippen LogP contribution in [0.5, 0.6) is 0 Å². The van der Waals surface area contributed by atoms with Gasteiger partial charge in [-0.2, -0.15) is 10.5 Å². The molecule has 3 aliphatic rings. The maximum atomic E-state index is 15.9. The zero-order valence-electron chi connectivity index (χ0n) is 19.7. The Morgan fingerprint density at radius 2 is 2.18 bits per heavy atom. The maximum absolute atomic E-state index is 15.9. The third-order valence-corrected chi connectivity index (χ3v) is 8.04. The van der Waals surface area contributed by atoms with E-state index >= 15 is 4.39 Å². The van der Waals surface area contributed by atoms with Crippen LogP contribution in [0, 0.1) is 18.7 Å². The number of carbonyl (C=O) groups excluding carboxylic acids is 1. The summed E-state index contributed by atoms with van der Waals surface area (Å²) in [4.78, 5) is 21.2. The molecule has 34 heavy (non-hydrogen) atoms. The summed E-state index contributed by atoms with van der Waals surface area (Å²) in [6.07, 6.45) is 3.19. The monoisotopic (exact) mass is 480 g/mol. The first-order chi connectivity index (χ1) is 16.4. The molecule has 6 nitrogen and oxygen atoms in total. The smallest absolute Gasteiger partial charge is 0.279 e. The molecule has 2 aliphatic heterocycles. The van der Waals surface area contributed by atoms with E-state index in [0.29, 0.717) is 52.2 Å². The van der Waals surface area contributed by atoms with Crippen LogP contribution in [0.1, 0.15) is 35.2 Å². The number of hydrogen-bond acceptors (Lipinski definition) is 5. The summed E-state index contributed by atoms with van der Waals surface area (Å²) in [5.41, 5.74) is 3.70. The third kappa shape index (κ3) is 5.10. The zero-order chi connectivity index (χ0) is 23.8. The average Bonchev–Trinajstić information content (AvgIpc) is 3.74. The number of carbonyl (C=O) groups is 1. The highest BCUT2D eigenvalue weighted by atomic mass is 32.2. The Hall–Kier alpha value is -2.52. The lowest BCUT2D eigenvalue weighted by Gasteiger charge is -2.23. The predicted octanol–water partition coefficient (Wildman–Crippen LogP) is 3.75. The molecule has 0 atom stereocenters. The number of nitrogens with one attached hydrogen (secondary N) is 2. The second-order valence-corrected chi connectivity index (χ2v) is 11.5. The number of hydrogen-bond donors (Lipinski definition) is 2. The summed E-state index contributed by atoms with van der Waals surface area (Å²) >= 11 is 0. The van der Waals surface area contributed by atoms with Gasteiger partial charge in [0, 0.05) is 19.3 Å². The highest BCUT2D eigenvalue weighted by Gasteiger charge is 2.31. The second kappa shape index (κ2) is 9.62. The number of anilines is 4.